The molecule has 0 bridgehead atoms. The van der Waals surface area contributed by atoms with Crippen LogP contribution in [-0.4, -0.2) is 23.2 Å². The Hall–Kier alpha value is -1.35. The van der Waals surface area contributed by atoms with Crippen LogP contribution in [0.4, 0.5) is 0 Å². The lowest BCUT2D eigenvalue weighted by atomic mass is 10.1. The minimum absolute atomic E-state index is 0.0664. The molecule has 0 heterocycles. The summed E-state index contributed by atoms with van der Waals surface area (Å²) in [5.41, 5.74) is 0.123. The molecule has 0 aliphatic heterocycles. The molecule has 82 valence electrons. The summed E-state index contributed by atoms with van der Waals surface area (Å²) in [6, 6.07) is 9.53. The van der Waals surface area contributed by atoms with Crippen molar-refractivity contribution in [1.29, 1.82) is 0 Å². The Balaban J connectivity index is 2.38. The first-order valence-corrected chi connectivity index (χ1v) is 5.00. The molecule has 0 aromatic heterocycles. The van der Waals surface area contributed by atoms with Gasteiger partial charge in [0.25, 0.3) is 0 Å². The Labute approximate surface area is 90.1 Å². The third kappa shape index (κ3) is 5.18. The average molecular weight is 207 g/mol. The monoisotopic (exact) mass is 207 g/mol. The minimum Gasteiger partial charge on any atom is -0.389 e. The molecule has 2 N–H and O–H groups in total. The van der Waals surface area contributed by atoms with E-state index in [1.54, 1.807) is 13.8 Å². The third-order valence-corrected chi connectivity index (χ3v) is 1.93. The molecule has 0 saturated carbocycles. The van der Waals surface area contributed by atoms with Crippen LogP contribution in [0.1, 0.15) is 19.4 Å². The summed E-state index contributed by atoms with van der Waals surface area (Å²) in [5.74, 6) is -0.0664. The van der Waals surface area contributed by atoms with Crippen molar-refractivity contribution in [3.05, 3.63) is 35.9 Å². The Morgan fingerprint density at radius 3 is 2.47 bits per heavy atom. The lowest BCUT2D eigenvalue weighted by Gasteiger charge is -2.17. The first kappa shape index (κ1) is 11.7. The second kappa shape index (κ2) is 4.94. The van der Waals surface area contributed by atoms with Crippen molar-refractivity contribution in [2.24, 2.45) is 0 Å². The lowest BCUT2D eigenvalue weighted by Crippen LogP contribution is -2.38. The van der Waals surface area contributed by atoms with Gasteiger partial charge >= 0.3 is 0 Å². The summed E-state index contributed by atoms with van der Waals surface area (Å²) < 4.78 is 0. The van der Waals surface area contributed by atoms with Gasteiger partial charge in [0.1, 0.15) is 0 Å². The smallest absolute Gasteiger partial charge is 0.224 e. The van der Waals surface area contributed by atoms with Crippen LogP contribution in [0.3, 0.4) is 0 Å². The molecular weight excluding hydrogens is 190 g/mol. The van der Waals surface area contributed by atoms with Crippen molar-refractivity contribution in [3.8, 4) is 0 Å². The van der Waals surface area contributed by atoms with Crippen LogP contribution in [0.5, 0.6) is 0 Å². The van der Waals surface area contributed by atoms with Crippen molar-refractivity contribution in [1.82, 2.24) is 5.32 Å². The highest BCUT2D eigenvalue weighted by atomic mass is 16.3. The molecule has 0 radical (unpaired) electrons. The lowest BCUT2D eigenvalue weighted by molar-refractivity contribution is -0.121. The summed E-state index contributed by atoms with van der Waals surface area (Å²) >= 11 is 0. The van der Waals surface area contributed by atoms with Gasteiger partial charge in [0.05, 0.1) is 12.0 Å². The summed E-state index contributed by atoms with van der Waals surface area (Å²) in [4.78, 5) is 11.4. The fourth-order valence-electron chi connectivity index (χ4n) is 1.16. The molecule has 0 aliphatic carbocycles. The van der Waals surface area contributed by atoms with Gasteiger partial charge in [-0.1, -0.05) is 30.3 Å². The Kier molecular flexibility index (Phi) is 3.86. The maximum absolute atomic E-state index is 11.4. The average Bonchev–Trinajstić information content (AvgIpc) is 2.15. The van der Waals surface area contributed by atoms with Gasteiger partial charge in [-0.3, -0.25) is 4.79 Å². The van der Waals surface area contributed by atoms with E-state index in [1.165, 1.54) is 0 Å². The van der Waals surface area contributed by atoms with E-state index >= 15 is 0 Å². The van der Waals surface area contributed by atoms with E-state index in [0.717, 1.165) is 5.56 Å². The molecule has 0 fully saturated rings. The second-order valence-corrected chi connectivity index (χ2v) is 4.25. The van der Waals surface area contributed by atoms with Crippen LogP contribution >= 0.6 is 0 Å². The maximum Gasteiger partial charge on any atom is 0.224 e. The van der Waals surface area contributed by atoms with Gasteiger partial charge in [0.15, 0.2) is 0 Å². The third-order valence-electron chi connectivity index (χ3n) is 1.93. The summed E-state index contributed by atoms with van der Waals surface area (Å²) in [6.07, 6.45) is 0.358. The topological polar surface area (TPSA) is 49.3 Å². The molecule has 3 heteroatoms. The van der Waals surface area contributed by atoms with E-state index < -0.39 is 5.60 Å². The van der Waals surface area contributed by atoms with E-state index in [9.17, 15) is 9.90 Å². The molecule has 1 aromatic rings. The first-order valence-electron chi connectivity index (χ1n) is 5.00. The molecule has 0 aliphatic rings. The quantitative estimate of drug-likeness (QED) is 0.777. The zero-order chi connectivity index (χ0) is 11.3. The predicted octanol–water partition coefficient (Wildman–Crippen LogP) is 1.12. The van der Waals surface area contributed by atoms with Crippen LogP contribution in [0.2, 0.25) is 0 Å². The van der Waals surface area contributed by atoms with Gasteiger partial charge in [-0.25, -0.2) is 0 Å². The van der Waals surface area contributed by atoms with Gasteiger partial charge in [-0.2, -0.15) is 0 Å². The molecule has 1 aromatic carbocycles. The number of amides is 1. The number of carbonyl (C=O) groups excluding carboxylic acids is 1. The van der Waals surface area contributed by atoms with Crippen molar-refractivity contribution in [2.45, 2.75) is 25.9 Å². The predicted molar refractivity (Wildman–Crippen MR) is 59.5 cm³/mol. The summed E-state index contributed by atoms with van der Waals surface area (Å²) in [5, 5.41) is 12.1. The fourth-order valence-corrected chi connectivity index (χ4v) is 1.16. The summed E-state index contributed by atoms with van der Waals surface area (Å²) in [7, 11) is 0. The zero-order valence-corrected chi connectivity index (χ0v) is 9.16. The van der Waals surface area contributed by atoms with Crippen molar-refractivity contribution in [3.63, 3.8) is 0 Å². The number of carbonyl (C=O) groups is 1. The highest BCUT2D eigenvalue weighted by molar-refractivity contribution is 5.78. The largest absolute Gasteiger partial charge is 0.389 e. The zero-order valence-electron chi connectivity index (χ0n) is 9.16. The van der Waals surface area contributed by atoms with E-state index in [1.807, 2.05) is 30.3 Å². The highest BCUT2D eigenvalue weighted by Crippen LogP contribution is 2.01. The maximum atomic E-state index is 11.4. The van der Waals surface area contributed by atoms with Gasteiger partial charge in [-0.15, -0.1) is 0 Å². The molecule has 3 nitrogen and oxygen atoms in total. The fraction of sp³-hybridized carbons (Fsp3) is 0.417. The van der Waals surface area contributed by atoms with Gasteiger partial charge in [0, 0.05) is 6.54 Å². The number of nitrogens with one attached hydrogen (secondary N) is 1. The van der Waals surface area contributed by atoms with Gasteiger partial charge < -0.3 is 10.4 Å². The molecular formula is C12H17NO2. The molecule has 1 rings (SSSR count). The molecule has 0 atom stereocenters. The minimum atomic E-state index is -0.855. The first-order chi connectivity index (χ1) is 6.97. The van der Waals surface area contributed by atoms with Crippen LogP contribution in [0.25, 0.3) is 0 Å². The van der Waals surface area contributed by atoms with Crippen LogP contribution < -0.4 is 5.32 Å². The number of aliphatic hydroxyl groups is 1. The number of benzene rings is 1. The Morgan fingerprint density at radius 2 is 1.93 bits per heavy atom. The number of rotatable bonds is 4. The van der Waals surface area contributed by atoms with Gasteiger partial charge in [-0.05, 0) is 19.4 Å². The van der Waals surface area contributed by atoms with E-state index in [4.69, 9.17) is 0 Å². The van der Waals surface area contributed by atoms with Gasteiger partial charge in [0.2, 0.25) is 5.91 Å². The van der Waals surface area contributed by atoms with Crippen molar-refractivity contribution in [2.75, 3.05) is 6.54 Å². The van der Waals surface area contributed by atoms with E-state index in [-0.39, 0.29) is 12.5 Å². The van der Waals surface area contributed by atoms with Crippen LogP contribution in [-0.2, 0) is 11.2 Å². The molecule has 15 heavy (non-hydrogen) atoms. The highest BCUT2D eigenvalue weighted by Gasteiger charge is 2.13. The Bertz CT molecular complexity index is 314. The normalized spacial score (nSPS) is 11.1. The van der Waals surface area contributed by atoms with Crippen LogP contribution in [0, 0.1) is 0 Å². The number of hydrogen-bond acceptors (Lipinski definition) is 2. The van der Waals surface area contributed by atoms with Crippen molar-refractivity contribution < 1.29 is 9.90 Å². The summed E-state index contributed by atoms with van der Waals surface area (Å²) in [6.45, 7) is 3.60. The molecule has 1 amide bonds. The van der Waals surface area contributed by atoms with Crippen molar-refractivity contribution >= 4 is 5.91 Å². The van der Waals surface area contributed by atoms with Crippen LogP contribution in [0.15, 0.2) is 30.3 Å². The Morgan fingerprint density at radius 1 is 1.33 bits per heavy atom. The van der Waals surface area contributed by atoms with E-state index in [0.29, 0.717) is 6.42 Å². The standard InChI is InChI=1S/C12H17NO2/c1-12(2,15)9-13-11(14)8-10-6-4-3-5-7-10/h3-7,15H,8-9H2,1-2H3,(H,13,14). The SMILES string of the molecule is CC(C)(O)CNC(=O)Cc1ccccc1. The van der Waals surface area contributed by atoms with E-state index in [2.05, 4.69) is 5.32 Å². The molecule has 0 spiro atoms. The number of hydrogen-bond donors (Lipinski definition) is 2. The molecule has 0 unspecified atom stereocenters. The molecule has 0 saturated heterocycles. The second-order valence-electron chi connectivity index (χ2n) is 4.25.